The number of benzene rings is 2. The highest BCUT2D eigenvalue weighted by atomic mass is 79.9. The van der Waals surface area contributed by atoms with Gasteiger partial charge in [-0.05, 0) is 86.0 Å². The number of hydrogen-bond acceptors (Lipinski definition) is 2. The van der Waals surface area contributed by atoms with Crippen molar-refractivity contribution in [2.24, 2.45) is 0 Å². The summed E-state index contributed by atoms with van der Waals surface area (Å²) in [5.41, 5.74) is 12.2. The average molecular weight is 406 g/mol. The molecule has 128 valence electrons. The molecule has 0 aliphatic carbocycles. The van der Waals surface area contributed by atoms with E-state index in [-0.39, 0.29) is 5.54 Å². The normalized spacial score (nSPS) is 11.2. The fraction of sp³-hybridized carbons (Fsp3) is 0.316. The Morgan fingerprint density at radius 2 is 1.83 bits per heavy atom. The number of hydrogen-bond donors (Lipinski definition) is 3. The van der Waals surface area contributed by atoms with Crippen LogP contribution in [0.3, 0.4) is 0 Å². The smallest absolute Gasteiger partial charge is 0.171 e. The number of nitrogens with two attached hydrogens (primary N) is 1. The summed E-state index contributed by atoms with van der Waals surface area (Å²) < 4.78 is 0.942. The molecule has 4 N–H and O–H groups in total. The molecule has 0 aliphatic heterocycles. The van der Waals surface area contributed by atoms with Crippen LogP contribution >= 0.6 is 28.1 Å². The summed E-state index contributed by atoms with van der Waals surface area (Å²) in [6.07, 6.45) is 0. The average Bonchev–Trinajstić information content (AvgIpc) is 2.39. The van der Waals surface area contributed by atoms with E-state index in [4.69, 9.17) is 18.0 Å². The molecule has 5 heteroatoms. The van der Waals surface area contributed by atoms with Gasteiger partial charge in [0.25, 0.3) is 0 Å². The monoisotopic (exact) mass is 405 g/mol. The maximum absolute atomic E-state index is 6.31. The highest BCUT2D eigenvalue weighted by Crippen LogP contribution is 2.39. The largest absolute Gasteiger partial charge is 0.398 e. The summed E-state index contributed by atoms with van der Waals surface area (Å²) in [6.45, 7) is 10.4. The fourth-order valence-corrected chi connectivity index (χ4v) is 3.59. The first-order valence-corrected chi connectivity index (χ1v) is 9.03. The van der Waals surface area contributed by atoms with Crippen LogP contribution in [0, 0.1) is 13.8 Å². The third-order valence-corrected chi connectivity index (χ3v) is 4.39. The van der Waals surface area contributed by atoms with E-state index < -0.39 is 0 Å². The Hall–Kier alpha value is -1.59. The van der Waals surface area contributed by atoms with Crippen LogP contribution < -0.4 is 16.4 Å². The first-order valence-electron chi connectivity index (χ1n) is 7.83. The van der Waals surface area contributed by atoms with Gasteiger partial charge in [0.05, 0.1) is 5.69 Å². The van der Waals surface area contributed by atoms with Crippen LogP contribution in [-0.2, 0) is 0 Å². The Balaban J connectivity index is 2.51. The molecule has 0 aliphatic rings. The second kappa shape index (κ2) is 7.11. The molecular weight excluding hydrogens is 382 g/mol. The third kappa shape index (κ3) is 4.48. The van der Waals surface area contributed by atoms with Crippen LogP contribution in [0.5, 0.6) is 0 Å². The summed E-state index contributed by atoms with van der Waals surface area (Å²) in [6, 6.07) is 10.2. The maximum Gasteiger partial charge on any atom is 0.171 e. The molecule has 0 heterocycles. The molecule has 2 rings (SSSR count). The predicted octanol–water partition coefficient (Wildman–Crippen LogP) is 5.40. The van der Waals surface area contributed by atoms with Gasteiger partial charge in [-0.2, -0.15) is 0 Å². The molecule has 0 aromatic heterocycles. The fourth-order valence-electron chi connectivity index (χ4n) is 2.71. The van der Waals surface area contributed by atoms with Gasteiger partial charge in [-0.1, -0.05) is 18.2 Å². The SMILES string of the molecule is Cc1cc(C)c(-c2cccc(Br)c2NC(=S)NC(C)(C)C)c(N)c1. The van der Waals surface area contributed by atoms with Crippen molar-refractivity contribution in [1.82, 2.24) is 5.32 Å². The van der Waals surface area contributed by atoms with Crippen molar-refractivity contribution in [1.29, 1.82) is 0 Å². The Morgan fingerprint density at radius 3 is 2.42 bits per heavy atom. The van der Waals surface area contributed by atoms with Crippen molar-refractivity contribution in [3.63, 3.8) is 0 Å². The molecule has 0 atom stereocenters. The van der Waals surface area contributed by atoms with Crippen molar-refractivity contribution in [2.45, 2.75) is 40.2 Å². The summed E-state index contributed by atoms with van der Waals surface area (Å²) in [7, 11) is 0. The van der Waals surface area contributed by atoms with Gasteiger partial charge in [0.2, 0.25) is 0 Å². The van der Waals surface area contributed by atoms with Crippen LogP contribution in [0.25, 0.3) is 11.1 Å². The van der Waals surface area contributed by atoms with E-state index in [1.165, 1.54) is 0 Å². The van der Waals surface area contributed by atoms with Crippen LogP contribution in [0.2, 0.25) is 0 Å². The lowest BCUT2D eigenvalue weighted by Crippen LogP contribution is -2.43. The molecule has 0 spiro atoms. The summed E-state index contributed by atoms with van der Waals surface area (Å²) in [5.74, 6) is 0. The summed E-state index contributed by atoms with van der Waals surface area (Å²) in [5, 5.41) is 7.18. The molecule has 0 saturated carbocycles. The first kappa shape index (κ1) is 18.7. The zero-order valence-corrected chi connectivity index (χ0v) is 17.2. The third-order valence-electron chi connectivity index (χ3n) is 3.52. The Kier molecular flexibility index (Phi) is 5.56. The molecule has 0 amide bonds. The van der Waals surface area contributed by atoms with Crippen molar-refractivity contribution < 1.29 is 0 Å². The first-order chi connectivity index (χ1) is 11.1. The minimum absolute atomic E-state index is 0.107. The van der Waals surface area contributed by atoms with E-state index in [0.29, 0.717) is 5.11 Å². The molecule has 2 aromatic rings. The Bertz CT molecular complexity index is 756. The molecule has 0 bridgehead atoms. The van der Waals surface area contributed by atoms with Gasteiger partial charge in [0.15, 0.2) is 5.11 Å². The predicted molar refractivity (Wildman–Crippen MR) is 113 cm³/mol. The van der Waals surface area contributed by atoms with Gasteiger partial charge in [0, 0.05) is 26.8 Å². The summed E-state index contributed by atoms with van der Waals surface area (Å²) in [4.78, 5) is 0. The van der Waals surface area contributed by atoms with Crippen molar-refractivity contribution >= 4 is 44.6 Å². The maximum atomic E-state index is 6.31. The zero-order chi connectivity index (χ0) is 18.1. The lowest BCUT2D eigenvalue weighted by molar-refractivity contribution is 0.515. The highest BCUT2D eigenvalue weighted by molar-refractivity contribution is 9.10. The molecule has 24 heavy (non-hydrogen) atoms. The minimum Gasteiger partial charge on any atom is -0.398 e. The van der Waals surface area contributed by atoms with Gasteiger partial charge in [-0.25, -0.2) is 0 Å². The van der Waals surface area contributed by atoms with Crippen molar-refractivity contribution in [3.8, 4) is 11.1 Å². The van der Waals surface area contributed by atoms with Gasteiger partial charge >= 0.3 is 0 Å². The van der Waals surface area contributed by atoms with Gasteiger partial charge < -0.3 is 16.4 Å². The van der Waals surface area contributed by atoms with Crippen LogP contribution in [0.15, 0.2) is 34.8 Å². The molecule has 0 radical (unpaired) electrons. The summed E-state index contributed by atoms with van der Waals surface area (Å²) >= 11 is 9.09. The van der Waals surface area contributed by atoms with Gasteiger partial charge in [-0.15, -0.1) is 0 Å². The van der Waals surface area contributed by atoms with E-state index in [1.807, 2.05) is 18.2 Å². The number of aryl methyl sites for hydroxylation is 2. The molecule has 0 saturated heterocycles. The lowest BCUT2D eigenvalue weighted by atomic mass is 9.95. The number of thiocarbonyl (C=S) groups is 1. The van der Waals surface area contributed by atoms with E-state index in [1.54, 1.807) is 0 Å². The van der Waals surface area contributed by atoms with Crippen molar-refractivity contribution in [2.75, 3.05) is 11.1 Å². The highest BCUT2D eigenvalue weighted by Gasteiger charge is 2.17. The number of nitrogens with one attached hydrogen (secondary N) is 2. The van der Waals surface area contributed by atoms with Gasteiger partial charge in [-0.3, -0.25) is 0 Å². The van der Waals surface area contributed by atoms with Crippen LogP contribution in [0.4, 0.5) is 11.4 Å². The van der Waals surface area contributed by atoms with Crippen molar-refractivity contribution in [3.05, 3.63) is 45.9 Å². The van der Waals surface area contributed by atoms with E-state index >= 15 is 0 Å². The number of halogens is 1. The van der Waals surface area contributed by atoms with Crippen LogP contribution in [-0.4, -0.2) is 10.7 Å². The zero-order valence-electron chi connectivity index (χ0n) is 14.8. The second-order valence-corrected chi connectivity index (χ2v) is 8.30. The van der Waals surface area contributed by atoms with E-state index in [2.05, 4.69) is 73.3 Å². The lowest BCUT2D eigenvalue weighted by Gasteiger charge is -2.24. The number of anilines is 2. The minimum atomic E-state index is -0.107. The number of para-hydroxylation sites is 1. The second-order valence-electron chi connectivity index (χ2n) is 7.04. The topological polar surface area (TPSA) is 50.1 Å². The van der Waals surface area contributed by atoms with Crippen LogP contribution in [0.1, 0.15) is 31.9 Å². The Labute approximate surface area is 158 Å². The molecule has 0 fully saturated rings. The van der Waals surface area contributed by atoms with E-state index in [0.717, 1.165) is 38.1 Å². The number of rotatable bonds is 2. The molecule has 0 unspecified atom stereocenters. The standard InChI is InChI=1S/C19H24BrN3S/c1-11-9-12(2)16(15(21)10-11)13-7-6-8-14(20)17(13)22-18(24)23-19(3,4)5/h6-10H,21H2,1-5H3,(H2,22,23,24). The van der Waals surface area contributed by atoms with E-state index in [9.17, 15) is 0 Å². The molecule has 2 aromatic carbocycles. The molecule has 3 nitrogen and oxygen atoms in total. The Morgan fingerprint density at radius 1 is 1.17 bits per heavy atom. The molecular formula is C19H24BrN3S. The number of nitrogen functional groups attached to an aromatic ring is 1. The van der Waals surface area contributed by atoms with Gasteiger partial charge in [0.1, 0.15) is 0 Å². The quantitative estimate of drug-likeness (QED) is 0.462.